The molecule has 0 fully saturated rings. The number of aliphatic carboxylic acids is 1. The molecule has 8 heteroatoms. The van der Waals surface area contributed by atoms with Gasteiger partial charge >= 0.3 is 5.97 Å². The number of carbonyl (C=O) groups is 1. The Morgan fingerprint density at radius 2 is 2.10 bits per heavy atom. The quantitative estimate of drug-likeness (QED) is 0.860. The summed E-state index contributed by atoms with van der Waals surface area (Å²) in [6, 6.07) is 5.65. The Kier molecular flexibility index (Phi) is 4.76. The van der Waals surface area contributed by atoms with Crippen LogP contribution in [-0.4, -0.2) is 25.0 Å². The molecule has 0 amide bonds. The standard InChI is InChI=1S/C12H13ClN2O4S/c1-12(2,6-11(16)17)15-20(18,19)10-5-8(7-14)3-4-9(10)13/h3-5,15H,6H2,1-2H3,(H,16,17). The number of nitrogens with zero attached hydrogens (tertiary/aromatic N) is 1. The van der Waals surface area contributed by atoms with E-state index in [4.69, 9.17) is 22.0 Å². The Morgan fingerprint density at radius 1 is 1.50 bits per heavy atom. The second-order valence-corrected chi connectivity index (χ2v) is 6.87. The van der Waals surface area contributed by atoms with Crippen LogP contribution in [0.25, 0.3) is 0 Å². The average Bonchev–Trinajstić information content (AvgIpc) is 2.25. The lowest BCUT2D eigenvalue weighted by atomic mass is 10.0. The van der Waals surface area contributed by atoms with Gasteiger partial charge in [-0.2, -0.15) is 5.26 Å². The van der Waals surface area contributed by atoms with Crippen LogP contribution in [0.15, 0.2) is 23.1 Å². The molecule has 20 heavy (non-hydrogen) atoms. The Hall–Kier alpha value is -1.62. The van der Waals surface area contributed by atoms with Gasteiger partial charge in [0.15, 0.2) is 0 Å². The fourth-order valence-electron chi connectivity index (χ4n) is 1.61. The zero-order valence-electron chi connectivity index (χ0n) is 10.8. The molecule has 0 radical (unpaired) electrons. The van der Waals surface area contributed by atoms with Crippen LogP contribution in [0.3, 0.4) is 0 Å². The van der Waals surface area contributed by atoms with Crippen molar-refractivity contribution in [2.45, 2.75) is 30.7 Å². The molecule has 0 aliphatic heterocycles. The van der Waals surface area contributed by atoms with Crippen LogP contribution in [0.5, 0.6) is 0 Å². The van der Waals surface area contributed by atoms with Crippen LogP contribution in [0.1, 0.15) is 25.8 Å². The van der Waals surface area contributed by atoms with Crippen LogP contribution in [0, 0.1) is 11.3 Å². The minimum Gasteiger partial charge on any atom is -0.481 e. The van der Waals surface area contributed by atoms with E-state index in [9.17, 15) is 13.2 Å². The van der Waals surface area contributed by atoms with E-state index in [1.807, 2.05) is 6.07 Å². The first kappa shape index (κ1) is 16.4. The maximum atomic E-state index is 12.2. The predicted octanol–water partition coefficient (Wildman–Crippen LogP) is 1.74. The van der Waals surface area contributed by atoms with Crippen molar-refractivity contribution in [3.63, 3.8) is 0 Å². The van der Waals surface area contributed by atoms with E-state index in [1.54, 1.807) is 0 Å². The highest BCUT2D eigenvalue weighted by atomic mass is 35.5. The van der Waals surface area contributed by atoms with Gasteiger partial charge < -0.3 is 5.11 Å². The average molecular weight is 317 g/mol. The third-order valence-corrected chi connectivity index (χ3v) is 4.53. The lowest BCUT2D eigenvalue weighted by molar-refractivity contribution is -0.138. The van der Waals surface area contributed by atoms with E-state index in [0.717, 1.165) is 6.07 Å². The largest absolute Gasteiger partial charge is 0.481 e. The highest BCUT2D eigenvalue weighted by molar-refractivity contribution is 7.89. The molecule has 0 atom stereocenters. The Bertz CT molecular complexity index is 677. The Morgan fingerprint density at radius 3 is 2.60 bits per heavy atom. The minimum absolute atomic E-state index is 0.0392. The van der Waals surface area contributed by atoms with Crippen molar-refractivity contribution in [1.82, 2.24) is 4.72 Å². The number of halogens is 1. The molecule has 0 saturated carbocycles. The molecule has 0 unspecified atom stereocenters. The first-order chi connectivity index (χ1) is 9.07. The van der Waals surface area contributed by atoms with Crippen molar-refractivity contribution in [2.24, 2.45) is 0 Å². The lowest BCUT2D eigenvalue weighted by Gasteiger charge is -2.24. The lowest BCUT2D eigenvalue weighted by Crippen LogP contribution is -2.44. The van der Waals surface area contributed by atoms with Gasteiger partial charge in [0.1, 0.15) is 4.90 Å². The molecule has 0 aliphatic carbocycles. The van der Waals surface area contributed by atoms with Gasteiger partial charge in [0.25, 0.3) is 0 Å². The Labute approximate surface area is 122 Å². The summed E-state index contributed by atoms with van der Waals surface area (Å²) in [4.78, 5) is 10.4. The van der Waals surface area contributed by atoms with E-state index in [0.29, 0.717) is 0 Å². The maximum Gasteiger partial charge on any atom is 0.305 e. The fraction of sp³-hybridized carbons (Fsp3) is 0.333. The molecule has 0 heterocycles. The second-order valence-electron chi connectivity index (χ2n) is 4.82. The molecule has 0 spiro atoms. The SMILES string of the molecule is CC(C)(CC(=O)O)NS(=O)(=O)c1cc(C#N)ccc1Cl. The summed E-state index contributed by atoms with van der Waals surface area (Å²) < 4.78 is 26.7. The number of hydrogen-bond acceptors (Lipinski definition) is 4. The number of sulfonamides is 1. The monoisotopic (exact) mass is 316 g/mol. The Balaban J connectivity index is 3.18. The number of hydrogen-bond donors (Lipinski definition) is 2. The van der Waals surface area contributed by atoms with Crippen LogP contribution in [-0.2, 0) is 14.8 Å². The van der Waals surface area contributed by atoms with Gasteiger partial charge in [-0.1, -0.05) is 11.6 Å². The molecule has 0 aromatic heterocycles. The summed E-state index contributed by atoms with van der Waals surface area (Å²) in [6.07, 6.45) is -0.387. The van der Waals surface area contributed by atoms with Crippen LogP contribution >= 0.6 is 11.6 Å². The van der Waals surface area contributed by atoms with E-state index < -0.39 is 21.5 Å². The topological polar surface area (TPSA) is 107 Å². The van der Waals surface area contributed by atoms with Crippen LogP contribution in [0.4, 0.5) is 0 Å². The maximum absolute atomic E-state index is 12.2. The molecule has 6 nitrogen and oxygen atoms in total. The van der Waals surface area contributed by atoms with Gasteiger partial charge in [-0.15, -0.1) is 0 Å². The second kappa shape index (κ2) is 5.79. The molecule has 0 bridgehead atoms. The smallest absolute Gasteiger partial charge is 0.305 e. The third kappa shape index (κ3) is 4.20. The number of rotatable bonds is 5. The van der Waals surface area contributed by atoms with Gasteiger partial charge in [-0.05, 0) is 32.0 Å². The third-order valence-electron chi connectivity index (χ3n) is 2.35. The highest BCUT2D eigenvalue weighted by Crippen LogP contribution is 2.24. The number of carboxylic acid groups (broad SMARTS) is 1. The molecule has 0 saturated heterocycles. The number of benzene rings is 1. The van der Waals surface area contributed by atoms with Gasteiger partial charge in [0.2, 0.25) is 10.0 Å². The number of nitrogens with one attached hydrogen (secondary N) is 1. The molecular formula is C12H13ClN2O4S. The summed E-state index contributed by atoms with van der Waals surface area (Å²) in [5.74, 6) is -1.13. The molecule has 1 aromatic rings. The normalized spacial score (nSPS) is 11.9. The number of nitriles is 1. The van der Waals surface area contributed by atoms with Crippen molar-refractivity contribution in [3.05, 3.63) is 28.8 Å². The predicted molar refractivity (Wildman–Crippen MR) is 72.8 cm³/mol. The summed E-state index contributed by atoms with van der Waals surface area (Å²) in [6.45, 7) is 2.89. The van der Waals surface area contributed by atoms with Crippen molar-refractivity contribution < 1.29 is 18.3 Å². The highest BCUT2D eigenvalue weighted by Gasteiger charge is 2.30. The van der Waals surface area contributed by atoms with Gasteiger partial charge in [0.05, 0.1) is 23.1 Å². The molecule has 108 valence electrons. The molecule has 1 aromatic carbocycles. The minimum atomic E-state index is -4.02. The fourth-order valence-corrected chi connectivity index (χ4v) is 3.55. The molecule has 2 N–H and O–H groups in total. The zero-order valence-corrected chi connectivity index (χ0v) is 12.4. The molecule has 0 aliphatic rings. The number of carboxylic acids is 1. The van der Waals surface area contributed by atoms with Crippen LogP contribution in [0.2, 0.25) is 5.02 Å². The zero-order chi connectivity index (χ0) is 15.6. The van der Waals surface area contributed by atoms with Crippen molar-refractivity contribution in [2.75, 3.05) is 0 Å². The first-order valence-electron chi connectivity index (χ1n) is 5.53. The van der Waals surface area contributed by atoms with Crippen molar-refractivity contribution >= 4 is 27.6 Å². The summed E-state index contributed by atoms with van der Waals surface area (Å²) in [7, 11) is -4.02. The van der Waals surface area contributed by atoms with Gasteiger partial charge in [-0.25, -0.2) is 13.1 Å². The van der Waals surface area contributed by atoms with Crippen LogP contribution < -0.4 is 4.72 Å². The van der Waals surface area contributed by atoms with Gasteiger partial charge in [-0.3, -0.25) is 4.79 Å². The van der Waals surface area contributed by atoms with E-state index in [2.05, 4.69) is 4.72 Å². The summed E-state index contributed by atoms with van der Waals surface area (Å²) >= 11 is 5.83. The van der Waals surface area contributed by atoms with Crippen molar-refractivity contribution in [3.8, 4) is 6.07 Å². The van der Waals surface area contributed by atoms with Gasteiger partial charge in [0, 0.05) is 5.54 Å². The summed E-state index contributed by atoms with van der Waals surface area (Å²) in [5.41, 5.74) is -1.04. The summed E-state index contributed by atoms with van der Waals surface area (Å²) in [5, 5.41) is 17.5. The van der Waals surface area contributed by atoms with E-state index >= 15 is 0 Å². The van der Waals surface area contributed by atoms with Crippen molar-refractivity contribution in [1.29, 1.82) is 5.26 Å². The van der Waals surface area contributed by atoms with E-state index in [-0.39, 0.29) is 21.9 Å². The van der Waals surface area contributed by atoms with E-state index in [1.165, 1.54) is 26.0 Å². The molecule has 1 rings (SSSR count). The first-order valence-corrected chi connectivity index (χ1v) is 7.39. The molecular weight excluding hydrogens is 304 g/mol.